The molecule has 2 aromatic carbocycles. The van der Waals surface area contributed by atoms with E-state index in [2.05, 4.69) is 83.1 Å². The Kier molecular flexibility index (Phi) is 5.10. The molecule has 0 aliphatic carbocycles. The van der Waals surface area contributed by atoms with Crippen LogP contribution < -0.4 is 0 Å². The van der Waals surface area contributed by atoms with Crippen LogP contribution in [0.3, 0.4) is 0 Å². The monoisotopic (exact) mass is 322 g/mol. The highest BCUT2D eigenvalue weighted by Gasteiger charge is 2.38. The molecule has 1 aliphatic rings. The molecule has 5 atom stereocenters. The molecule has 0 aromatic heterocycles. The predicted molar refractivity (Wildman–Crippen MR) is 102 cm³/mol. The van der Waals surface area contributed by atoms with Crippen molar-refractivity contribution in [2.24, 2.45) is 17.8 Å². The van der Waals surface area contributed by atoms with Crippen molar-refractivity contribution in [2.45, 2.75) is 53.2 Å². The Morgan fingerprint density at radius 2 is 1.54 bits per heavy atom. The van der Waals surface area contributed by atoms with Crippen molar-refractivity contribution in [2.75, 3.05) is 0 Å². The lowest BCUT2D eigenvalue weighted by molar-refractivity contribution is -0.136. The molecule has 1 aliphatic heterocycles. The van der Waals surface area contributed by atoms with Crippen LogP contribution in [-0.2, 0) is 4.74 Å². The Labute approximate surface area is 147 Å². The number of aryl methyl sites for hydroxylation is 1. The first-order valence-electron chi connectivity index (χ1n) is 9.33. The van der Waals surface area contributed by atoms with Gasteiger partial charge in [0.05, 0.1) is 12.2 Å². The summed E-state index contributed by atoms with van der Waals surface area (Å²) in [5.41, 5.74) is 5.17. The van der Waals surface area contributed by atoms with Crippen LogP contribution in [0.2, 0.25) is 0 Å². The van der Waals surface area contributed by atoms with E-state index in [0.29, 0.717) is 23.9 Å². The second kappa shape index (κ2) is 7.11. The maximum absolute atomic E-state index is 6.53. The van der Waals surface area contributed by atoms with Crippen molar-refractivity contribution in [1.82, 2.24) is 0 Å². The Morgan fingerprint density at radius 3 is 2.21 bits per heavy atom. The number of hydrogen-bond acceptors (Lipinski definition) is 1. The number of rotatable bonds is 3. The number of ether oxygens (including phenoxy) is 1. The second-order valence-corrected chi connectivity index (χ2v) is 7.57. The van der Waals surface area contributed by atoms with Gasteiger partial charge in [-0.05, 0) is 53.9 Å². The third kappa shape index (κ3) is 3.28. The molecule has 1 saturated heterocycles. The standard InChI is InChI=1S/C23H30O/c1-6-22-17(4)16(3)18(5)23(24-22)21-9-7-8-20(14-21)19-12-10-15(2)11-13-19/h7-14,16-18,22-23H,6H2,1-5H3/t16-,17-,18+,22+,23+/m0/s1. The summed E-state index contributed by atoms with van der Waals surface area (Å²) in [5.74, 6) is 1.84. The van der Waals surface area contributed by atoms with Gasteiger partial charge in [0, 0.05) is 0 Å². The summed E-state index contributed by atoms with van der Waals surface area (Å²) in [7, 11) is 0. The summed E-state index contributed by atoms with van der Waals surface area (Å²) in [6.07, 6.45) is 1.66. The van der Waals surface area contributed by atoms with E-state index >= 15 is 0 Å². The van der Waals surface area contributed by atoms with Crippen LogP contribution in [0.15, 0.2) is 48.5 Å². The smallest absolute Gasteiger partial charge is 0.0857 e. The highest BCUT2D eigenvalue weighted by molar-refractivity contribution is 5.64. The lowest BCUT2D eigenvalue weighted by Gasteiger charge is -2.44. The molecule has 0 N–H and O–H groups in total. The Balaban J connectivity index is 1.91. The van der Waals surface area contributed by atoms with Gasteiger partial charge < -0.3 is 4.74 Å². The highest BCUT2D eigenvalue weighted by atomic mass is 16.5. The van der Waals surface area contributed by atoms with Crippen molar-refractivity contribution >= 4 is 0 Å². The molecule has 2 aromatic rings. The van der Waals surface area contributed by atoms with Gasteiger partial charge in [-0.25, -0.2) is 0 Å². The van der Waals surface area contributed by atoms with Gasteiger partial charge in [-0.1, -0.05) is 75.7 Å². The molecule has 1 nitrogen and oxygen atoms in total. The zero-order valence-corrected chi connectivity index (χ0v) is 15.6. The van der Waals surface area contributed by atoms with E-state index in [1.54, 1.807) is 0 Å². The molecule has 0 amide bonds. The Bertz CT molecular complexity index is 671. The van der Waals surface area contributed by atoms with Crippen LogP contribution in [0.25, 0.3) is 11.1 Å². The first-order chi connectivity index (χ1) is 11.5. The van der Waals surface area contributed by atoms with E-state index in [9.17, 15) is 0 Å². The fourth-order valence-corrected chi connectivity index (χ4v) is 4.02. The van der Waals surface area contributed by atoms with E-state index in [0.717, 1.165) is 6.42 Å². The van der Waals surface area contributed by atoms with E-state index in [4.69, 9.17) is 4.74 Å². The van der Waals surface area contributed by atoms with Gasteiger partial charge in [0.25, 0.3) is 0 Å². The topological polar surface area (TPSA) is 9.23 Å². The SMILES string of the molecule is CC[C@H]1O[C@@H](c2cccc(-c3ccc(C)cc3)c2)[C@H](C)[C@@H](C)[C@@H]1C. The fourth-order valence-electron chi connectivity index (χ4n) is 4.02. The van der Waals surface area contributed by atoms with E-state index in [1.807, 2.05) is 0 Å². The quantitative estimate of drug-likeness (QED) is 0.633. The molecule has 24 heavy (non-hydrogen) atoms. The van der Waals surface area contributed by atoms with Crippen LogP contribution >= 0.6 is 0 Å². The molecule has 0 unspecified atom stereocenters. The predicted octanol–water partition coefficient (Wildman–Crippen LogP) is 6.42. The zero-order valence-electron chi connectivity index (χ0n) is 15.6. The molecular weight excluding hydrogens is 292 g/mol. The lowest BCUT2D eigenvalue weighted by atomic mass is 9.74. The lowest BCUT2D eigenvalue weighted by Crippen LogP contribution is -2.40. The van der Waals surface area contributed by atoms with Crippen LogP contribution in [0.5, 0.6) is 0 Å². The van der Waals surface area contributed by atoms with E-state index in [-0.39, 0.29) is 6.10 Å². The average Bonchev–Trinajstić information content (AvgIpc) is 2.61. The normalized spacial score (nSPS) is 30.3. The molecule has 0 spiro atoms. The molecule has 1 heterocycles. The fraction of sp³-hybridized carbons (Fsp3) is 0.478. The van der Waals surface area contributed by atoms with Gasteiger partial charge in [0.1, 0.15) is 0 Å². The van der Waals surface area contributed by atoms with Crippen molar-refractivity contribution in [1.29, 1.82) is 0 Å². The minimum absolute atomic E-state index is 0.201. The van der Waals surface area contributed by atoms with Crippen molar-refractivity contribution < 1.29 is 4.74 Å². The average molecular weight is 322 g/mol. The minimum atomic E-state index is 0.201. The Hall–Kier alpha value is -1.60. The molecule has 0 saturated carbocycles. The first-order valence-corrected chi connectivity index (χ1v) is 9.33. The van der Waals surface area contributed by atoms with Crippen LogP contribution in [-0.4, -0.2) is 6.10 Å². The third-order valence-corrected chi connectivity index (χ3v) is 6.05. The van der Waals surface area contributed by atoms with Gasteiger partial charge in [0.15, 0.2) is 0 Å². The van der Waals surface area contributed by atoms with Gasteiger partial charge in [-0.15, -0.1) is 0 Å². The molecule has 128 valence electrons. The van der Waals surface area contributed by atoms with Gasteiger partial charge in [-0.3, -0.25) is 0 Å². The zero-order chi connectivity index (χ0) is 17.3. The Morgan fingerprint density at radius 1 is 0.833 bits per heavy atom. The second-order valence-electron chi connectivity index (χ2n) is 7.57. The van der Waals surface area contributed by atoms with Gasteiger partial charge >= 0.3 is 0 Å². The van der Waals surface area contributed by atoms with Crippen molar-refractivity contribution in [3.8, 4) is 11.1 Å². The first kappa shape index (κ1) is 17.2. The molecule has 1 heteroatoms. The van der Waals surface area contributed by atoms with E-state index in [1.165, 1.54) is 22.3 Å². The van der Waals surface area contributed by atoms with Crippen molar-refractivity contribution in [3.05, 3.63) is 59.7 Å². The minimum Gasteiger partial charge on any atom is -0.370 e. The number of hydrogen-bond donors (Lipinski definition) is 0. The third-order valence-electron chi connectivity index (χ3n) is 6.05. The van der Waals surface area contributed by atoms with Gasteiger partial charge in [0.2, 0.25) is 0 Å². The maximum Gasteiger partial charge on any atom is 0.0857 e. The molecule has 1 fully saturated rings. The molecule has 0 radical (unpaired) electrons. The molecular formula is C23H30O. The van der Waals surface area contributed by atoms with Gasteiger partial charge in [-0.2, -0.15) is 0 Å². The van der Waals surface area contributed by atoms with Crippen LogP contribution in [0.4, 0.5) is 0 Å². The summed E-state index contributed by atoms with van der Waals surface area (Å²) in [4.78, 5) is 0. The summed E-state index contributed by atoms with van der Waals surface area (Å²) in [5, 5.41) is 0. The van der Waals surface area contributed by atoms with E-state index < -0.39 is 0 Å². The molecule has 0 bridgehead atoms. The summed E-state index contributed by atoms with van der Waals surface area (Å²) >= 11 is 0. The summed E-state index contributed by atoms with van der Waals surface area (Å²) in [6, 6.07) is 17.7. The summed E-state index contributed by atoms with van der Waals surface area (Å²) in [6.45, 7) is 11.4. The summed E-state index contributed by atoms with van der Waals surface area (Å²) < 4.78 is 6.53. The highest BCUT2D eigenvalue weighted by Crippen LogP contribution is 2.44. The van der Waals surface area contributed by atoms with Crippen molar-refractivity contribution in [3.63, 3.8) is 0 Å². The molecule has 3 rings (SSSR count). The maximum atomic E-state index is 6.53. The number of benzene rings is 2. The van der Waals surface area contributed by atoms with Crippen LogP contribution in [0, 0.1) is 24.7 Å². The van der Waals surface area contributed by atoms with Crippen LogP contribution in [0.1, 0.15) is 51.3 Å². The largest absolute Gasteiger partial charge is 0.370 e.